The molecular weight excluding hydrogens is 306 g/mol. The number of aliphatic hydroxyl groups is 1. The molecule has 6 heteroatoms. The second-order valence-electron chi connectivity index (χ2n) is 4.89. The van der Waals surface area contributed by atoms with E-state index in [1.165, 1.54) is 15.6 Å². The number of nitrogens with zero attached hydrogens (tertiary/aromatic N) is 1. The number of sulfonamides is 1. The third-order valence-electron chi connectivity index (χ3n) is 3.36. The minimum absolute atomic E-state index is 0.250. The number of thiophene rings is 1. The molecule has 0 bridgehead atoms. The molecule has 2 aromatic rings. The van der Waals surface area contributed by atoms with Gasteiger partial charge < -0.3 is 5.11 Å². The summed E-state index contributed by atoms with van der Waals surface area (Å²) >= 11 is 1.28. The first-order valence-corrected chi connectivity index (χ1v) is 8.97. The van der Waals surface area contributed by atoms with E-state index in [9.17, 15) is 13.5 Å². The van der Waals surface area contributed by atoms with Crippen molar-refractivity contribution >= 4 is 21.4 Å². The number of likely N-dealkylation sites (N-methyl/N-ethyl adjacent to an activating group) is 1. The van der Waals surface area contributed by atoms with Crippen molar-refractivity contribution in [1.82, 2.24) is 4.31 Å². The molecular formula is C15H19NO3S2. The Labute approximate surface area is 129 Å². The van der Waals surface area contributed by atoms with Crippen LogP contribution >= 0.6 is 11.3 Å². The van der Waals surface area contributed by atoms with E-state index in [1.54, 1.807) is 19.4 Å². The largest absolute Gasteiger partial charge is 0.391 e. The summed E-state index contributed by atoms with van der Waals surface area (Å²) in [5, 5.41) is 11.1. The van der Waals surface area contributed by atoms with Gasteiger partial charge in [0.05, 0.1) is 11.5 Å². The standard InChI is InChI=1S/C15H19NO3S2/c1-12-11-20-14(10-17)15(12)21(18,19)16(2)9-8-13-6-4-3-5-7-13/h3-7,11,17H,8-10H2,1-2H3. The molecule has 0 aliphatic heterocycles. The zero-order valence-electron chi connectivity index (χ0n) is 12.1. The van der Waals surface area contributed by atoms with Crippen LogP contribution in [-0.4, -0.2) is 31.4 Å². The molecule has 114 valence electrons. The molecule has 1 heterocycles. The van der Waals surface area contributed by atoms with Gasteiger partial charge in [0.2, 0.25) is 10.0 Å². The Hall–Kier alpha value is -1.21. The average Bonchev–Trinajstić information content (AvgIpc) is 2.87. The second-order valence-corrected chi connectivity index (χ2v) is 7.84. The van der Waals surface area contributed by atoms with Crippen LogP contribution in [0.25, 0.3) is 0 Å². The van der Waals surface area contributed by atoms with Crippen molar-refractivity contribution < 1.29 is 13.5 Å². The molecule has 0 radical (unpaired) electrons. The first-order valence-electron chi connectivity index (χ1n) is 6.65. The van der Waals surface area contributed by atoms with Crippen LogP contribution in [0.15, 0.2) is 40.6 Å². The van der Waals surface area contributed by atoms with Crippen LogP contribution in [0.3, 0.4) is 0 Å². The Morgan fingerprint density at radius 2 is 1.90 bits per heavy atom. The van der Waals surface area contributed by atoms with Crippen LogP contribution in [0.2, 0.25) is 0 Å². The number of benzene rings is 1. The maximum atomic E-state index is 12.6. The van der Waals surface area contributed by atoms with Crippen LogP contribution < -0.4 is 0 Å². The van der Waals surface area contributed by atoms with Gasteiger partial charge in [-0.25, -0.2) is 12.7 Å². The van der Waals surface area contributed by atoms with Gasteiger partial charge in [0.1, 0.15) is 4.90 Å². The lowest BCUT2D eigenvalue weighted by Crippen LogP contribution is -2.29. The lowest BCUT2D eigenvalue weighted by Gasteiger charge is -2.18. The normalized spacial score (nSPS) is 12.0. The van der Waals surface area contributed by atoms with Crippen molar-refractivity contribution in [2.45, 2.75) is 24.8 Å². The third-order valence-corrected chi connectivity index (χ3v) is 6.67. The second kappa shape index (κ2) is 6.70. The summed E-state index contributed by atoms with van der Waals surface area (Å²) in [5.74, 6) is 0. The monoisotopic (exact) mass is 325 g/mol. The number of aliphatic hydroxyl groups excluding tert-OH is 1. The van der Waals surface area contributed by atoms with Crippen molar-refractivity contribution in [3.63, 3.8) is 0 Å². The summed E-state index contributed by atoms with van der Waals surface area (Å²) in [6, 6.07) is 9.78. The molecule has 1 N–H and O–H groups in total. The Morgan fingerprint density at radius 1 is 1.24 bits per heavy atom. The van der Waals surface area contributed by atoms with Crippen molar-refractivity contribution in [3.8, 4) is 0 Å². The molecule has 2 rings (SSSR count). The van der Waals surface area contributed by atoms with Crippen LogP contribution in [-0.2, 0) is 23.1 Å². The summed E-state index contributed by atoms with van der Waals surface area (Å²) < 4.78 is 26.6. The molecule has 0 unspecified atom stereocenters. The predicted octanol–water partition coefficient (Wildman–Crippen LogP) is 2.41. The maximum Gasteiger partial charge on any atom is 0.244 e. The van der Waals surface area contributed by atoms with E-state index in [0.29, 0.717) is 23.4 Å². The van der Waals surface area contributed by atoms with Gasteiger partial charge in [0.25, 0.3) is 0 Å². The Kier molecular flexibility index (Phi) is 5.16. The molecule has 0 amide bonds. The van der Waals surface area contributed by atoms with E-state index in [1.807, 2.05) is 30.3 Å². The molecule has 0 saturated heterocycles. The van der Waals surface area contributed by atoms with Gasteiger partial charge in [-0.3, -0.25) is 0 Å². The molecule has 1 aromatic heterocycles. The highest BCUT2D eigenvalue weighted by Gasteiger charge is 2.26. The molecule has 0 spiro atoms. The molecule has 0 aliphatic rings. The molecule has 4 nitrogen and oxygen atoms in total. The fourth-order valence-corrected chi connectivity index (χ4v) is 4.93. The molecule has 0 atom stereocenters. The van der Waals surface area contributed by atoms with E-state index in [-0.39, 0.29) is 11.5 Å². The lowest BCUT2D eigenvalue weighted by molar-refractivity contribution is 0.282. The number of rotatable bonds is 6. The van der Waals surface area contributed by atoms with Gasteiger partial charge in [-0.2, -0.15) is 0 Å². The van der Waals surface area contributed by atoms with E-state index < -0.39 is 10.0 Å². The van der Waals surface area contributed by atoms with Gasteiger partial charge in [0, 0.05) is 13.6 Å². The van der Waals surface area contributed by atoms with Crippen LogP contribution in [0, 0.1) is 6.92 Å². The minimum Gasteiger partial charge on any atom is -0.391 e. The molecule has 21 heavy (non-hydrogen) atoms. The fourth-order valence-electron chi connectivity index (χ4n) is 2.15. The number of aryl methyl sites for hydroxylation is 1. The third kappa shape index (κ3) is 3.52. The van der Waals surface area contributed by atoms with Crippen molar-refractivity contribution in [2.75, 3.05) is 13.6 Å². The SMILES string of the molecule is Cc1csc(CO)c1S(=O)(=O)N(C)CCc1ccccc1. The molecule has 0 fully saturated rings. The van der Waals surface area contributed by atoms with E-state index in [0.717, 1.165) is 5.56 Å². The first kappa shape index (κ1) is 16.2. The number of hydrogen-bond acceptors (Lipinski definition) is 4. The van der Waals surface area contributed by atoms with Crippen molar-refractivity contribution in [1.29, 1.82) is 0 Å². The van der Waals surface area contributed by atoms with Crippen molar-refractivity contribution in [3.05, 3.63) is 51.7 Å². The summed E-state index contributed by atoms with van der Waals surface area (Å²) in [6.07, 6.45) is 0.661. The summed E-state index contributed by atoms with van der Waals surface area (Å²) in [5.41, 5.74) is 1.79. The summed E-state index contributed by atoms with van der Waals surface area (Å²) in [7, 11) is -1.98. The zero-order chi connectivity index (χ0) is 15.5. The summed E-state index contributed by atoms with van der Waals surface area (Å²) in [4.78, 5) is 0.754. The quantitative estimate of drug-likeness (QED) is 0.887. The van der Waals surface area contributed by atoms with Crippen LogP contribution in [0.4, 0.5) is 0 Å². The van der Waals surface area contributed by atoms with Gasteiger partial charge in [-0.1, -0.05) is 30.3 Å². The highest BCUT2D eigenvalue weighted by atomic mass is 32.2. The Bertz CT molecular complexity index is 693. The molecule has 1 aromatic carbocycles. The maximum absolute atomic E-state index is 12.6. The highest BCUT2D eigenvalue weighted by Crippen LogP contribution is 2.29. The zero-order valence-corrected chi connectivity index (χ0v) is 13.7. The highest BCUT2D eigenvalue weighted by molar-refractivity contribution is 7.89. The van der Waals surface area contributed by atoms with E-state index in [4.69, 9.17) is 0 Å². The van der Waals surface area contributed by atoms with Crippen LogP contribution in [0.1, 0.15) is 16.0 Å². The Morgan fingerprint density at radius 3 is 2.52 bits per heavy atom. The van der Waals surface area contributed by atoms with Crippen molar-refractivity contribution in [2.24, 2.45) is 0 Å². The Balaban J connectivity index is 2.17. The fraction of sp³-hybridized carbons (Fsp3) is 0.333. The predicted molar refractivity (Wildman–Crippen MR) is 84.9 cm³/mol. The topological polar surface area (TPSA) is 57.6 Å². The smallest absolute Gasteiger partial charge is 0.244 e. The van der Waals surface area contributed by atoms with Crippen LogP contribution in [0.5, 0.6) is 0 Å². The van der Waals surface area contributed by atoms with Gasteiger partial charge in [-0.15, -0.1) is 11.3 Å². The molecule has 0 saturated carbocycles. The average molecular weight is 325 g/mol. The lowest BCUT2D eigenvalue weighted by atomic mass is 10.2. The first-order chi connectivity index (χ1) is 9.96. The number of hydrogen-bond donors (Lipinski definition) is 1. The summed E-state index contributed by atoms with van der Waals surface area (Å²) in [6.45, 7) is 1.92. The van der Waals surface area contributed by atoms with Gasteiger partial charge in [-0.05, 0) is 29.9 Å². The molecule has 0 aliphatic carbocycles. The van der Waals surface area contributed by atoms with E-state index >= 15 is 0 Å². The van der Waals surface area contributed by atoms with E-state index in [2.05, 4.69) is 0 Å². The van der Waals surface area contributed by atoms with Gasteiger partial charge >= 0.3 is 0 Å². The minimum atomic E-state index is -3.56. The van der Waals surface area contributed by atoms with Gasteiger partial charge in [0.15, 0.2) is 0 Å².